The fraction of sp³-hybridized carbons (Fsp3) is 0.105. The third-order valence-electron chi connectivity index (χ3n) is 4.00. The predicted octanol–water partition coefficient (Wildman–Crippen LogP) is 4.99. The molecule has 2 heterocycles. The molecule has 0 bridgehead atoms. The zero-order valence-corrected chi connectivity index (χ0v) is 15.8. The number of rotatable bonds is 5. The van der Waals surface area contributed by atoms with Gasteiger partial charge < -0.3 is 14.7 Å². The first-order chi connectivity index (χ1) is 13.1. The number of anilines is 1. The van der Waals surface area contributed by atoms with Gasteiger partial charge in [0.2, 0.25) is 5.91 Å². The highest BCUT2D eigenvalue weighted by molar-refractivity contribution is 8.00. The third kappa shape index (κ3) is 3.70. The number of carbonyl (C=O) groups excluding carboxylic acids is 1. The molecule has 0 saturated carbocycles. The van der Waals surface area contributed by atoms with E-state index in [-0.39, 0.29) is 5.91 Å². The molecule has 0 unspecified atom stereocenters. The van der Waals surface area contributed by atoms with E-state index < -0.39 is 5.25 Å². The lowest BCUT2D eigenvalue weighted by atomic mass is 10.2. The molecule has 2 N–H and O–H groups in total. The first-order valence-electron chi connectivity index (χ1n) is 8.24. The number of nitrogens with one attached hydrogen (secondary N) is 2. The highest BCUT2D eigenvalue weighted by Gasteiger charge is 2.20. The third-order valence-corrected chi connectivity index (χ3v) is 5.27. The van der Waals surface area contributed by atoms with Gasteiger partial charge in [-0.3, -0.25) is 4.79 Å². The van der Waals surface area contributed by atoms with Crippen molar-refractivity contribution < 1.29 is 9.21 Å². The highest BCUT2D eigenvalue weighted by Crippen LogP contribution is 2.31. The maximum atomic E-state index is 12.4. The Hall–Kier alpha value is -2.77. The molecule has 4 aromatic rings. The van der Waals surface area contributed by atoms with Gasteiger partial charge in [-0.2, -0.15) is 0 Å². The molecule has 2 aromatic heterocycles. The number of H-pyrrole nitrogens is 1. The predicted molar refractivity (Wildman–Crippen MR) is 107 cm³/mol. The Bertz CT molecular complexity index is 1110. The van der Waals surface area contributed by atoms with Gasteiger partial charge in [0.25, 0.3) is 11.1 Å². The van der Waals surface area contributed by atoms with Crippen LogP contribution in [0.4, 0.5) is 5.69 Å². The maximum absolute atomic E-state index is 12.4. The van der Waals surface area contributed by atoms with Crippen LogP contribution in [0.25, 0.3) is 22.4 Å². The van der Waals surface area contributed by atoms with Crippen LogP contribution in [0.1, 0.15) is 6.92 Å². The summed E-state index contributed by atoms with van der Waals surface area (Å²) in [5, 5.41) is 12.4. The van der Waals surface area contributed by atoms with Gasteiger partial charge >= 0.3 is 0 Å². The molecule has 1 amide bonds. The second-order valence-electron chi connectivity index (χ2n) is 5.85. The summed E-state index contributed by atoms with van der Waals surface area (Å²) in [7, 11) is 0. The van der Waals surface area contributed by atoms with Crippen molar-refractivity contribution in [1.29, 1.82) is 0 Å². The summed E-state index contributed by atoms with van der Waals surface area (Å²) in [6.07, 6.45) is 1.83. The molecular formula is C19H15ClN4O2S. The molecule has 8 heteroatoms. The van der Waals surface area contributed by atoms with Crippen molar-refractivity contribution in [2.24, 2.45) is 0 Å². The molecular weight excluding hydrogens is 384 g/mol. The van der Waals surface area contributed by atoms with Gasteiger partial charge in [0, 0.05) is 17.1 Å². The number of aromatic amines is 1. The Morgan fingerprint density at radius 2 is 1.96 bits per heavy atom. The molecule has 0 saturated heterocycles. The zero-order chi connectivity index (χ0) is 18.8. The van der Waals surface area contributed by atoms with Crippen LogP contribution in [0, 0.1) is 0 Å². The molecule has 6 nitrogen and oxygen atoms in total. The number of fused-ring (bicyclic) bond motifs is 1. The van der Waals surface area contributed by atoms with E-state index in [0.717, 1.165) is 16.5 Å². The summed E-state index contributed by atoms with van der Waals surface area (Å²) in [4.78, 5) is 15.6. The number of hydrogen-bond acceptors (Lipinski definition) is 5. The van der Waals surface area contributed by atoms with Crippen LogP contribution < -0.4 is 5.32 Å². The fourth-order valence-corrected chi connectivity index (χ4v) is 3.48. The van der Waals surface area contributed by atoms with Gasteiger partial charge in [0.1, 0.15) is 0 Å². The van der Waals surface area contributed by atoms with E-state index in [1.807, 2.05) is 36.5 Å². The summed E-state index contributed by atoms with van der Waals surface area (Å²) in [5.41, 5.74) is 2.40. The normalized spacial score (nSPS) is 12.2. The molecule has 1 atom stereocenters. The van der Waals surface area contributed by atoms with Crippen LogP contribution in [-0.4, -0.2) is 26.3 Å². The molecule has 0 radical (unpaired) electrons. The fourth-order valence-electron chi connectivity index (χ4n) is 2.62. The van der Waals surface area contributed by atoms with Crippen molar-refractivity contribution in [2.75, 3.05) is 5.32 Å². The first-order valence-corrected chi connectivity index (χ1v) is 9.49. The number of para-hydroxylation sites is 2. The second kappa shape index (κ2) is 7.46. The van der Waals surface area contributed by atoms with E-state index >= 15 is 0 Å². The molecule has 4 rings (SSSR count). The average molecular weight is 399 g/mol. The zero-order valence-electron chi connectivity index (χ0n) is 14.3. The summed E-state index contributed by atoms with van der Waals surface area (Å²) in [6.45, 7) is 1.77. The largest absolute Gasteiger partial charge is 0.411 e. The van der Waals surface area contributed by atoms with Crippen LogP contribution in [-0.2, 0) is 4.79 Å². The summed E-state index contributed by atoms with van der Waals surface area (Å²) in [6, 6.07) is 15.0. The van der Waals surface area contributed by atoms with Gasteiger partial charge in [0.15, 0.2) is 0 Å². The van der Waals surface area contributed by atoms with Crippen molar-refractivity contribution in [3.63, 3.8) is 0 Å². The summed E-state index contributed by atoms with van der Waals surface area (Å²) < 4.78 is 5.75. The molecule has 0 fully saturated rings. The lowest BCUT2D eigenvalue weighted by molar-refractivity contribution is -0.115. The van der Waals surface area contributed by atoms with Gasteiger partial charge in [-0.15, -0.1) is 10.2 Å². The molecule has 0 aliphatic rings. The Kier molecular flexibility index (Phi) is 4.87. The highest BCUT2D eigenvalue weighted by atomic mass is 35.5. The van der Waals surface area contributed by atoms with Gasteiger partial charge in [-0.25, -0.2) is 0 Å². The standard InChI is InChI=1S/C19H15ClN4O2S/c1-11(17(25)22-16-9-5-3-7-14(16)20)27-19-24-23-18(26-19)13-10-21-15-8-4-2-6-12(13)15/h2-11,21H,1H3,(H,22,25)/t11-/m0/s1. The van der Waals surface area contributed by atoms with E-state index in [9.17, 15) is 4.79 Å². The van der Waals surface area contributed by atoms with E-state index in [0.29, 0.717) is 21.8 Å². The quantitative estimate of drug-likeness (QED) is 0.462. The first kappa shape index (κ1) is 17.6. The summed E-state index contributed by atoms with van der Waals surface area (Å²) in [5.74, 6) is 0.216. The van der Waals surface area contributed by atoms with Crippen LogP contribution in [0.3, 0.4) is 0 Å². The van der Waals surface area contributed by atoms with Crippen molar-refractivity contribution in [1.82, 2.24) is 15.2 Å². The van der Waals surface area contributed by atoms with Crippen LogP contribution in [0.5, 0.6) is 0 Å². The van der Waals surface area contributed by atoms with Crippen LogP contribution >= 0.6 is 23.4 Å². The number of aromatic nitrogens is 3. The smallest absolute Gasteiger partial charge is 0.277 e. The van der Waals surface area contributed by atoms with Crippen molar-refractivity contribution in [3.8, 4) is 11.5 Å². The van der Waals surface area contributed by atoms with Gasteiger partial charge in [-0.1, -0.05) is 53.7 Å². The molecule has 27 heavy (non-hydrogen) atoms. The minimum atomic E-state index is -0.433. The van der Waals surface area contributed by atoms with E-state index in [1.165, 1.54) is 11.8 Å². The molecule has 0 aliphatic carbocycles. The molecule has 2 aromatic carbocycles. The molecule has 0 aliphatic heterocycles. The SMILES string of the molecule is C[C@H](Sc1nnc(-c2c[nH]c3ccccc23)o1)C(=O)Nc1ccccc1Cl. The summed E-state index contributed by atoms with van der Waals surface area (Å²) >= 11 is 7.27. The van der Waals surface area contributed by atoms with Crippen molar-refractivity contribution >= 4 is 45.9 Å². The number of nitrogens with zero attached hydrogens (tertiary/aromatic N) is 2. The molecule has 0 spiro atoms. The number of halogens is 1. The maximum Gasteiger partial charge on any atom is 0.277 e. The van der Waals surface area contributed by atoms with E-state index in [2.05, 4.69) is 20.5 Å². The Morgan fingerprint density at radius 1 is 1.19 bits per heavy atom. The van der Waals surface area contributed by atoms with Gasteiger partial charge in [-0.05, 0) is 25.1 Å². The van der Waals surface area contributed by atoms with Crippen molar-refractivity contribution in [3.05, 3.63) is 59.8 Å². The lowest BCUT2D eigenvalue weighted by Crippen LogP contribution is -2.22. The number of amides is 1. The van der Waals surface area contributed by atoms with Crippen molar-refractivity contribution in [2.45, 2.75) is 17.4 Å². The number of thioether (sulfide) groups is 1. The number of hydrogen-bond donors (Lipinski definition) is 2. The monoisotopic (exact) mass is 398 g/mol. The lowest BCUT2D eigenvalue weighted by Gasteiger charge is -2.10. The molecule has 136 valence electrons. The van der Waals surface area contributed by atoms with Crippen LogP contribution in [0.15, 0.2) is 64.4 Å². The Balaban J connectivity index is 1.47. The van der Waals surface area contributed by atoms with Crippen LogP contribution in [0.2, 0.25) is 5.02 Å². The van der Waals surface area contributed by atoms with Gasteiger partial charge in [0.05, 0.1) is 21.5 Å². The Labute approximate surface area is 164 Å². The van der Waals surface area contributed by atoms with E-state index in [4.69, 9.17) is 16.0 Å². The minimum absolute atomic E-state index is 0.194. The number of carbonyl (C=O) groups is 1. The topological polar surface area (TPSA) is 83.8 Å². The average Bonchev–Trinajstić information content (AvgIpc) is 3.30. The minimum Gasteiger partial charge on any atom is -0.411 e. The Morgan fingerprint density at radius 3 is 2.81 bits per heavy atom. The second-order valence-corrected chi connectivity index (χ2v) is 7.55. The van der Waals surface area contributed by atoms with E-state index in [1.54, 1.807) is 25.1 Å². The number of benzene rings is 2.